The fraction of sp³-hybridized carbons (Fsp3) is 0.875. The second-order valence-corrected chi connectivity index (χ2v) is 5.95. The van der Waals surface area contributed by atoms with E-state index in [4.69, 9.17) is 10.8 Å². The zero-order chi connectivity index (χ0) is 12.1. The quantitative estimate of drug-likeness (QED) is 0.331. The number of hydrogen-bond donors (Lipinski definition) is 1. The molecule has 1 unspecified atom stereocenters. The normalized spacial score (nSPS) is 27.7. The van der Waals surface area contributed by atoms with Gasteiger partial charge in [0.1, 0.15) is 5.54 Å². The van der Waals surface area contributed by atoms with E-state index in [1.54, 1.807) is 0 Å². The van der Waals surface area contributed by atoms with Crippen molar-refractivity contribution in [3.05, 3.63) is 10.4 Å². The predicted octanol–water partition coefficient (Wildman–Crippen LogP) is 0.357. The van der Waals surface area contributed by atoms with Gasteiger partial charge in [0.15, 0.2) is 9.84 Å². The number of nitrogens with zero attached hydrogens (tertiary/aromatic N) is 4. The minimum absolute atomic E-state index is 0.147. The molecule has 0 spiro atoms. The lowest BCUT2D eigenvalue weighted by Crippen LogP contribution is -2.53. The topological polar surface area (TPSA) is 119 Å². The van der Waals surface area contributed by atoms with Crippen LogP contribution in [0.15, 0.2) is 5.11 Å². The van der Waals surface area contributed by atoms with E-state index in [-0.39, 0.29) is 18.1 Å². The summed E-state index contributed by atoms with van der Waals surface area (Å²) in [5.41, 5.74) is 7.07. The SMILES string of the molecule is N#CC1(NCCN=[N+]=[N-])CCCS(=O)(=O)C1. The van der Waals surface area contributed by atoms with Crippen LogP contribution >= 0.6 is 0 Å². The molecule has 1 aliphatic heterocycles. The molecule has 0 amide bonds. The van der Waals surface area contributed by atoms with Crippen LogP contribution in [-0.2, 0) is 9.84 Å². The molecule has 7 nitrogen and oxygen atoms in total. The lowest BCUT2D eigenvalue weighted by atomic mass is 9.97. The third-order valence-electron chi connectivity index (χ3n) is 2.48. The highest BCUT2D eigenvalue weighted by Crippen LogP contribution is 2.22. The molecule has 1 fully saturated rings. The zero-order valence-corrected chi connectivity index (χ0v) is 9.57. The molecule has 1 heterocycles. The Bertz CT molecular complexity index is 434. The number of hydrogen-bond acceptors (Lipinski definition) is 5. The van der Waals surface area contributed by atoms with Crippen molar-refractivity contribution in [3.8, 4) is 6.07 Å². The standard InChI is InChI=1S/C8H13N5O2S/c9-6-8(11-3-4-12-13-10)2-1-5-16(14,15)7-8/h11H,1-5,7H2. The Hall–Kier alpha value is -1.29. The highest BCUT2D eigenvalue weighted by atomic mass is 32.2. The van der Waals surface area contributed by atoms with Crippen molar-refractivity contribution in [3.63, 3.8) is 0 Å². The Morgan fingerprint density at radius 1 is 1.62 bits per heavy atom. The van der Waals surface area contributed by atoms with Crippen LogP contribution in [-0.4, -0.2) is 38.6 Å². The van der Waals surface area contributed by atoms with Crippen LogP contribution in [0.4, 0.5) is 0 Å². The van der Waals surface area contributed by atoms with Gasteiger partial charge in [-0.1, -0.05) is 5.11 Å². The molecular formula is C8H13N5O2S. The summed E-state index contributed by atoms with van der Waals surface area (Å²) in [6.45, 7) is 0.521. The van der Waals surface area contributed by atoms with Crippen LogP contribution in [0.25, 0.3) is 10.4 Å². The van der Waals surface area contributed by atoms with Crippen LogP contribution in [0.1, 0.15) is 12.8 Å². The predicted molar refractivity (Wildman–Crippen MR) is 58.2 cm³/mol. The molecular weight excluding hydrogens is 230 g/mol. The summed E-state index contributed by atoms with van der Waals surface area (Å²) in [4.78, 5) is 2.58. The van der Waals surface area contributed by atoms with Gasteiger partial charge in [-0.2, -0.15) is 5.26 Å². The molecule has 1 atom stereocenters. The number of nitriles is 1. The van der Waals surface area contributed by atoms with Gasteiger partial charge in [-0.05, 0) is 18.4 Å². The van der Waals surface area contributed by atoms with Crippen molar-refractivity contribution >= 4 is 9.84 Å². The van der Waals surface area contributed by atoms with Gasteiger partial charge >= 0.3 is 0 Å². The minimum Gasteiger partial charge on any atom is -0.298 e. The summed E-state index contributed by atoms with van der Waals surface area (Å²) in [5, 5.41) is 15.2. The molecule has 0 bridgehead atoms. The second-order valence-electron chi connectivity index (χ2n) is 3.77. The van der Waals surface area contributed by atoms with Crippen LogP contribution in [0.2, 0.25) is 0 Å². The van der Waals surface area contributed by atoms with Gasteiger partial charge in [0.2, 0.25) is 0 Å². The molecule has 8 heteroatoms. The maximum absolute atomic E-state index is 11.4. The monoisotopic (exact) mass is 243 g/mol. The van der Waals surface area contributed by atoms with E-state index in [1.807, 2.05) is 6.07 Å². The lowest BCUT2D eigenvalue weighted by molar-refractivity contribution is 0.403. The van der Waals surface area contributed by atoms with E-state index in [0.717, 1.165) is 0 Å². The fourth-order valence-corrected chi connectivity index (χ4v) is 3.56. The molecule has 0 aromatic carbocycles. The van der Waals surface area contributed by atoms with Gasteiger partial charge in [-0.3, -0.25) is 5.32 Å². The zero-order valence-electron chi connectivity index (χ0n) is 8.76. The van der Waals surface area contributed by atoms with Crippen molar-refractivity contribution in [2.24, 2.45) is 5.11 Å². The Morgan fingerprint density at radius 3 is 2.94 bits per heavy atom. The highest BCUT2D eigenvalue weighted by Gasteiger charge is 2.38. The summed E-state index contributed by atoms with van der Waals surface area (Å²) < 4.78 is 22.9. The first kappa shape index (κ1) is 12.8. The van der Waals surface area contributed by atoms with E-state index >= 15 is 0 Å². The van der Waals surface area contributed by atoms with Gasteiger partial charge in [0, 0.05) is 18.0 Å². The summed E-state index contributed by atoms with van der Waals surface area (Å²) in [6.07, 6.45) is 1.00. The first-order chi connectivity index (χ1) is 7.54. The van der Waals surface area contributed by atoms with Crippen LogP contribution in [0.5, 0.6) is 0 Å². The molecule has 88 valence electrons. The number of sulfone groups is 1. The third kappa shape index (κ3) is 3.38. The van der Waals surface area contributed by atoms with Crippen molar-refractivity contribution < 1.29 is 8.42 Å². The van der Waals surface area contributed by atoms with Gasteiger partial charge in [0.25, 0.3) is 0 Å². The van der Waals surface area contributed by atoms with Crippen molar-refractivity contribution in [2.75, 3.05) is 24.6 Å². The molecule has 0 aliphatic carbocycles. The summed E-state index contributed by atoms with van der Waals surface area (Å²) in [5.74, 6) is -0.0127. The molecule has 0 aromatic heterocycles. The smallest absolute Gasteiger partial charge is 0.153 e. The van der Waals surface area contributed by atoms with Crippen molar-refractivity contribution in [2.45, 2.75) is 18.4 Å². The van der Waals surface area contributed by atoms with E-state index in [9.17, 15) is 8.42 Å². The summed E-state index contributed by atoms with van der Waals surface area (Å²) >= 11 is 0. The number of nitrogens with one attached hydrogen (secondary N) is 1. The van der Waals surface area contributed by atoms with Crippen LogP contribution in [0, 0.1) is 11.3 Å². The van der Waals surface area contributed by atoms with Crippen molar-refractivity contribution in [1.29, 1.82) is 5.26 Å². The average molecular weight is 243 g/mol. The fourth-order valence-electron chi connectivity index (χ4n) is 1.77. The summed E-state index contributed by atoms with van der Waals surface area (Å²) in [7, 11) is -3.13. The van der Waals surface area contributed by atoms with Gasteiger partial charge in [-0.25, -0.2) is 8.42 Å². The average Bonchev–Trinajstić information content (AvgIpc) is 2.23. The molecule has 1 saturated heterocycles. The van der Waals surface area contributed by atoms with E-state index in [2.05, 4.69) is 15.3 Å². The maximum atomic E-state index is 11.4. The molecule has 1 rings (SSSR count). The molecule has 1 aliphatic rings. The first-order valence-corrected chi connectivity index (χ1v) is 6.73. The Labute approximate surface area is 94.0 Å². The maximum Gasteiger partial charge on any atom is 0.153 e. The lowest BCUT2D eigenvalue weighted by Gasteiger charge is -2.31. The molecule has 0 saturated carbocycles. The Kier molecular flexibility index (Phi) is 4.12. The highest BCUT2D eigenvalue weighted by molar-refractivity contribution is 7.91. The first-order valence-electron chi connectivity index (χ1n) is 4.91. The van der Waals surface area contributed by atoms with Gasteiger partial charge in [0.05, 0.1) is 17.6 Å². The van der Waals surface area contributed by atoms with E-state index in [1.165, 1.54) is 0 Å². The largest absolute Gasteiger partial charge is 0.298 e. The Balaban J connectivity index is 2.64. The Morgan fingerprint density at radius 2 is 2.38 bits per heavy atom. The second kappa shape index (κ2) is 5.16. The van der Waals surface area contributed by atoms with Gasteiger partial charge in [-0.15, -0.1) is 0 Å². The van der Waals surface area contributed by atoms with Gasteiger partial charge < -0.3 is 0 Å². The molecule has 0 aromatic rings. The molecule has 16 heavy (non-hydrogen) atoms. The number of rotatable bonds is 4. The third-order valence-corrected chi connectivity index (χ3v) is 4.32. The molecule has 0 radical (unpaired) electrons. The van der Waals surface area contributed by atoms with E-state index in [0.29, 0.717) is 19.4 Å². The van der Waals surface area contributed by atoms with E-state index < -0.39 is 15.4 Å². The van der Waals surface area contributed by atoms with Crippen LogP contribution in [0.3, 0.4) is 0 Å². The van der Waals surface area contributed by atoms with Crippen molar-refractivity contribution in [1.82, 2.24) is 5.32 Å². The van der Waals surface area contributed by atoms with Crippen LogP contribution < -0.4 is 5.32 Å². The molecule has 1 N–H and O–H groups in total. The summed E-state index contributed by atoms with van der Waals surface area (Å²) in [6, 6.07) is 2.02. The number of azide groups is 1. The minimum atomic E-state index is -3.13.